The first-order valence-electron chi connectivity index (χ1n) is 6.74. The van der Waals surface area contributed by atoms with Gasteiger partial charge in [-0.05, 0) is 29.8 Å². The predicted octanol–water partition coefficient (Wildman–Crippen LogP) is 3.66. The number of benzene rings is 2. The van der Waals surface area contributed by atoms with Crippen molar-refractivity contribution in [3.8, 4) is 16.9 Å². The Bertz CT molecular complexity index is 961. The number of ether oxygens (including phenoxy) is 1. The summed E-state index contributed by atoms with van der Waals surface area (Å²) in [4.78, 5) is 27.0. The van der Waals surface area contributed by atoms with E-state index in [0.717, 1.165) is 4.47 Å². The van der Waals surface area contributed by atoms with Crippen LogP contribution in [0.1, 0.15) is 10.4 Å². The highest BCUT2D eigenvalue weighted by molar-refractivity contribution is 9.10. The lowest BCUT2D eigenvalue weighted by atomic mass is 9.97. The molecule has 3 aromatic rings. The Kier molecular flexibility index (Phi) is 3.92. The van der Waals surface area contributed by atoms with Crippen LogP contribution in [0.5, 0.6) is 5.75 Å². The van der Waals surface area contributed by atoms with E-state index in [1.54, 1.807) is 49.6 Å². The van der Waals surface area contributed by atoms with E-state index in [0.29, 0.717) is 22.2 Å². The van der Waals surface area contributed by atoms with Gasteiger partial charge in [-0.2, -0.15) is 0 Å². The van der Waals surface area contributed by atoms with Gasteiger partial charge in [-0.3, -0.25) is 4.79 Å². The van der Waals surface area contributed by atoms with Crippen LogP contribution < -0.4 is 10.3 Å². The molecular weight excluding hydrogens is 362 g/mol. The van der Waals surface area contributed by atoms with Crippen LogP contribution in [-0.2, 0) is 0 Å². The molecule has 0 amide bonds. The van der Waals surface area contributed by atoms with Crippen molar-refractivity contribution in [3.63, 3.8) is 0 Å². The van der Waals surface area contributed by atoms with E-state index in [-0.39, 0.29) is 11.1 Å². The van der Waals surface area contributed by atoms with Gasteiger partial charge >= 0.3 is 5.97 Å². The number of pyridine rings is 1. The van der Waals surface area contributed by atoms with Gasteiger partial charge in [0.05, 0.1) is 23.8 Å². The highest BCUT2D eigenvalue weighted by atomic mass is 79.9. The first kappa shape index (κ1) is 15.3. The van der Waals surface area contributed by atoms with E-state index in [9.17, 15) is 14.7 Å². The first-order chi connectivity index (χ1) is 11.0. The summed E-state index contributed by atoms with van der Waals surface area (Å²) in [6.45, 7) is 0. The van der Waals surface area contributed by atoms with E-state index in [1.807, 2.05) is 0 Å². The highest BCUT2D eigenvalue weighted by Gasteiger charge is 2.20. The van der Waals surface area contributed by atoms with Crippen molar-refractivity contribution < 1.29 is 14.6 Å². The summed E-state index contributed by atoms with van der Waals surface area (Å²) in [6, 6.07) is 11.8. The largest absolute Gasteiger partial charge is 0.497 e. The lowest BCUT2D eigenvalue weighted by molar-refractivity contribution is 0.0699. The van der Waals surface area contributed by atoms with Crippen molar-refractivity contribution >= 4 is 32.8 Å². The number of carboxylic acid groups (broad SMARTS) is 1. The van der Waals surface area contributed by atoms with Crippen LogP contribution in [0.25, 0.3) is 22.0 Å². The topological polar surface area (TPSA) is 79.4 Å². The number of aromatic amines is 1. The lowest BCUT2D eigenvalue weighted by Gasteiger charge is -2.10. The van der Waals surface area contributed by atoms with Gasteiger partial charge in [0.15, 0.2) is 0 Å². The molecule has 23 heavy (non-hydrogen) atoms. The van der Waals surface area contributed by atoms with Crippen molar-refractivity contribution in [2.45, 2.75) is 0 Å². The summed E-state index contributed by atoms with van der Waals surface area (Å²) in [6.07, 6.45) is 0. The molecule has 0 saturated heterocycles. The van der Waals surface area contributed by atoms with Crippen LogP contribution in [0, 0.1) is 0 Å². The Hall–Kier alpha value is -2.60. The average molecular weight is 374 g/mol. The summed E-state index contributed by atoms with van der Waals surface area (Å²) in [7, 11) is 1.54. The molecule has 0 spiro atoms. The fourth-order valence-corrected chi connectivity index (χ4v) is 2.89. The first-order valence-corrected chi connectivity index (χ1v) is 7.54. The minimum atomic E-state index is -1.14. The van der Waals surface area contributed by atoms with Crippen molar-refractivity contribution in [3.05, 3.63) is 62.9 Å². The van der Waals surface area contributed by atoms with Crippen LogP contribution in [0.3, 0.4) is 0 Å². The van der Waals surface area contributed by atoms with Crippen molar-refractivity contribution in [1.82, 2.24) is 4.98 Å². The number of rotatable bonds is 3. The van der Waals surface area contributed by atoms with Gasteiger partial charge in [0.2, 0.25) is 0 Å². The Morgan fingerprint density at radius 3 is 2.48 bits per heavy atom. The number of carbonyl (C=O) groups is 1. The van der Waals surface area contributed by atoms with Crippen LogP contribution in [0.15, 0.2) is 51.7 Å². The highest BCUT2D eigenvalue weighted by Crippen LogP contribution is 2.28. The van der Waals surface area contributed by atoms with Crippen LogP contribution in [0.2, 0.25) is 0 Å². The van der Waals surface area contributed by atoms with E-state index < -0.39 is 11.5 Å². The minimum absolute atomic E-state index is 0.0126. The summed E-state index contributed by atoms with van der Waals surface area (Å²) in [5.41, 5.74) is 0.669. The number of fused-ring (bicyclic) bond motifs is 1. The number of halogens is 1. The fourth-order valence-electron chi connectivity index (χ4n) is 2.53. The SMILES string of the molecule is COc1ccc(-c2c(C(=O)O)c3ccc(Br)cc3[nH]c2=O)cc1. The summed E-state index contributed by atoms with van der Waals surface area (Å²) in [5, 5.41) is 10.1. The maximum atomic E-state index is 12.5. The molecule has 0 bridgehead atoms. The zero-order valence-corrected chi connectivity index (χ0v) is 13.7. The monoisotopic (exact) mass is 373 g/mol. The number of carboxylic acids is 1. The predicted molar refractivity (Wildman–Crippen MR) is 91.2 cm³/mol. The number of hydrogen-bond donors (Lipinski definition) is 2. The summed E-state index contributed by atoms with van der Waals surface area (Å²) >= 11 is 3.31. The van der Waals surface area contributed by atoms with Gasteiger partial charge in [-0.15, -0.1) is 0 Å². The maximum absolute atomic E-state index is 12.5. The Morgan fingerprint density at radius 2 is 1.87 bits per heavy atom. The Balaban J connectivity index is 2.37. The molecule has 0 radical (unpaired) electrons. The molecule has 6 heteroatoms. The lowest BCUT2D eigenvalue weighted by Crippen LogP contribution is -2.15. The minimum Gasteiger partial charge on any atom is -0.497 e. The van der Waals surface area contributed by atoms with E-state index in [1.165, 1.54) is 0 Å². The third-order valence-electron chi connectivity index (χ3n) is 3.57. The van der Waals surface area contributed by atoms with Gasteiger partial charge in [-0.25, -0.2) is 4.79 Å². The van der Waals surface area contributed by atoms with Gasteiger partial charge in [0, 0.05) is 9.86 Å². The fraction of sp³-hybridized carbons (Fsp3) is 0.0588. The van der Waals surface area contributed by atoms with E-state index >= 15 is 0 Å². The second-order valence-electron chi connectivity index (χ2n) is 4.93. The molecule has 3 rings (SSSR count). The van der Waals surface area contributed by atoms with Gasteiger partial charge in [-0.1, -0.05) is 34.1 Å². The molecule has 1 heterocycles. The molecule has 0 aliphatic carbocycles. The molecule has 2 N–H and O–H groups in total. The molecular formula is C17H12BrNO4. The number of nitrogens with one attached hydrogen (secondary N) is 1. The van der Waals surface area contributed by atoms with Crippen molar-refractivity contribution in [2.24, 2.45) is 0 Å². The van der Waals surface area contributed by atoms with Crippen LogP contribution in [-0.4, -0.2) is 23.2 Å². The smallest absolute Gasteiger partial charge is 0.337 e. The maximum Gasteiger partial charge on any atom is 0.337 e. The Labute approximate surface area is 139 Å². The molecule has 0 fully saturated rings. The number of H-pyrrole nitrogens is 1. The normalized spacial score (nSPS) is 10.7. The van der Waals surface area contributed by atoms with Gasteiger partial charge in [0.25, 0.3) is 5.56 Å². The quantitative estimate of drug-likeness (QED) is 0.733. The van der Waals surface area contributed by atoms with E-state index in [2.05, 4.69) is 20.9 Å². The second kappa shape index (κ2) is 5.89. The van der Waals surface area contributed by atoms with E-state index in [4.69, 9.17) is 4.74 Å². The average Bonchev–Trinajstić information content (AvgIpc) is 2.53. The zero-order chi connectivity index (χ0) is 16.6. The number of aromatic nitrogens is 1. The number of aromatic carboxylic acids is 1. The third kappa shape index (κ3) is 2.73. The number of methoxy groups -OCH3 is 1. The summed E-state index contributed by atoms with van der Waals surface area (Å²) < 4.78 is 5.85. The molecule has 0 saturated carbocycles. The Morgan fingerprint density at radius 1 is 1.17 bits per heavy atom. The second-order valence-corrected chi connectivity index (χ2v) is 5.84. The number of hydrogen-bond acceptors (Lipinski definition) is 3. The van der Waals surface area contributed by atoms with Gasteiger partial charge in [0.1, 0.15) is 5.75 Å². The van der Waals surface area contributed by atoms with Crippen molar-refractivity contribution in [1.29, 1.82) is 0 Å². The molecule has 1 aromatic heterocycles. The molecule has 0 unspecified atom stereocenters. The zero-order valence-electron chi connectivity index (χ0n) is 12.1. The molecule has 0 aliphatic heterocycles. The summed E-state index contributed by atoms with van der Waals surface area (Å²) in [5.74, 6) is -0.513. The molecule has 5 nitrogen and oxygen atoms in total. The molecule has 116 valence electrons. The third-order valence-corrected chi connectivity index (χ3v) is 4.06. The van der Waals surface area contributed by atoms with Crippen LogP contribution >= 0.6 is 15.9 Å². The molecule has 2 aromatic carbocycles. The van der Waals surface area contributed by atoms with Crippen molar-refractivity contribution in [2.75, 3.05) is 7.11 Å². The molecule has 0 atom stereocenters. The molecule has 0 aliphatic rings. The van der Waals surface area contributed by atoms with Crippen LogP contribution in [0.4, 0.5) is 0 Å². The standard InChI is InChI=1S/C17H12BrNO4/c1-23-11-5-2-9(3-6-11)14-15(17(21)22)12-7-4-10(18)8-13(12)19-16(14)20/h2-8H,1H3,(H,19,20)(H,21,22). The van der Waals surface area contributed by atoms with Gasteiger partial charge < -0.3 is 14.8 Å².